The van der Waals surface area contributed by atoms with Crippen molar-refractivity contribution < 1.29 is 52.6 Å². The van der Waals surface area contributed by atoms with Crippen LogP contribution in [0.1, 0.15) is 41.5 Å². The number of rotatable bonds is 6. The van der Waals surface area contributed by atoms with E-state index in [0.717, 1.165) is 32.9 Å². The number of ether oxygens (including phenoxy) is 4. The highest BCUT2D eigenvalue weighted by Crippen LogP contribution is 2.48. The minimum Gasteiger partial charge on any atom is -0.453 e. The van der Waals surface area contributed by atoms with E-state index >= 15 is 0 Å². The summed E-state index contributed by atoms with van der Waals surface area (Å²) in [6.45, 7) is 10.1. The first-order valence-corrected chi connectivity index (χ1v) is 21.7. The van der Waals surface area contributed by atoms with Gasteiger partial charge in [-0.05, 0) is 71.9 Å². The molecule has 2 aromatic carbocycles. The Hall–Kier alpha value is -2.20. The molecule has 3 fully saturated rings. The van der Waals surface area contributed by atoms with Crippen LogP contribution in [0.5, 0.6) is 11.5 Å². The highest BCUT2D eigenvalue weighted by molar-refractivity contribution is 7.92. The third-order valence-electron chi connectivity index (χ3n) is 8.75. The Morgan fingerprint density at radius 1 is 0.551 bits per heavy atom. The third-order valence-corrected chi connectivity index (χ3v) is 16.0. The summed E-state index contributed by atoms with van der Waals surface area (Å²) in [6, 6.07) is 5.12. The van der Waals surface area contributed by atoms with Gasteiger partial charge in [0.2, 0.25) is 39.9 Å². The maximum absolute atomic E-state index is 14.4. The molecule has 0 aliphatic carbocycles. The summed E-state index contributed by atoms with van der Waals surface area (Å²) in [6.07, 6.45) is -2.75. The number of morpholine rings is 3. The highest BCUT2D eigenvalue weighted by Gasteiger charge is 2.44. The first kappa shape index (κ1) is 36.6. The van der Waals surface area contributed by atoms with Crippen molar-refractivity contribution >= 4 is 39.9 Å². The molecule has 4 aliphatic heterocycles. The van der Waals surface area contributed by atoms with Crippen molar-refractivity contribution in [3.63, 3.8) is 0 Å². The van der Waals surface area contributed by atoms with Crippen LogP contribution in [0.4, 0.5) is 0 Å². The molecule has 0 spiro atoms. The van der Waals surface area contributed by atoms with E-state index in [4.69, 9.17) is 18.9 Å². The fourth-order valence-electron chi connectivity index (χ4n) is 6.78. The Balaban J connectivity index is 1.51. The van der Waals surface area contributed by atoms with Crippen molar-refractivity contribution in [2.45, 2.75) is 103 Å². The van der Waals surface area contributed by atoms with E-state index in [9.17, 15) is 33.7 Å². The Labute approximate surface area is 288 Å². The van der Waals surface area contributed by atoms with Gasteiger partial charge in [0.1, 0.15) is 20.4 Å². The minimum absolute atomic E-state index is 0.0452. The normalized spacial score (nSPS) is 30.2. The van der Waals surface area contributed by atoms with Gasteiger partial charge in [0, 0.05) is 39.3 Å². The summed E-state index contributed by atoms with van der Waals surface area (Å²) in [7, 11) is -18.0. The molecule has 15 nitrogen and oxygen atoms in total. The topological polar surface area (TPSA) is 183 Å². The summed E-state index contributed by atoms with van der Waals surface area (Å²) in [4.78, 5) is -2.81. The predicted molar refractivity (Wildman–Crippen MR) is 175 cm³/mol. The lowest BCUT2D eigenvalue weighted by atomic mass is 10.3. The van der Waals surface area contributed by atoms with Crippen LogP contribution < -0.4 is 4.74 Å². The second-order valence-corrected chi connectivity index (χ2v) is 20.9. The molecule has 0 N–H and O–H groups in total. The Bertz CT molecular complexity index is 2060. The van der Waals surface area contributed by atoms with Crippen LogP contribution in [0, 0.1) is 0 Å². The molecule has 19 heteroatoms. The standard InChI is InChI=1S/C30H41N3O12S4/c1-18-12-31(13-19(2)42-18)47(36,37)24-7-8-26-27(9-24)46(34,35)28-10-25(48(38,39)32-14-20(3)43-21(4)15-32)11-29(30(28)45-26)49(40,41)33-16-22(5)44-23(6)17-33/h7-11,18-23H,12-17H2,1-6H3/t18-,19+,20-,21+,22-,23-/m0/s1. The number of benzene rings is 2. The van der Waals surface area contributed by atoms with Gasteiger partial charge in [0.05, 0.1) is 46.4 Å². The molecule has 4 heterocycles. The molecular formula is C30H41N3O12S4. The molecule has 0 radical (unpaired) electrons. The average Bonchev–Trinajstić information content (AvgIpc) is 2.99. The van der Waals surface area contributed by atoms with Gasteiger partial charge in [-0.3, -0.25) is 0 Å². The lowest BCUT2D eigenvalue weighted by Gasteiger charge is -2.36. The van der Waals surface area contributed by atoms with Crippen LogP contribution in [0.15, 0.2) is 54.8 Å². The molecular weight excluding hydrogens is 723 g/mol. The van der Waals surface area contributed by atoms with Gasteiger partial charge in [0.25, 0.3) is 0 Å². The van der Waals surface area contributed by atoms with E-state index in [1.165, 1.54) is 10.4 Å². The molecule has 0 bridgehead atoms. The molecule has 6 atom stereocenters. The van der Waals surface area contributed by atoms with Crippen LogP contribution >= 0.6 is 0 Å². The molecule has 0 saturated carbocycles. The fraction of sp³-hybridized carbons (Fsp3) is 0.600. The van der Waals surface area contributed by atoms with Crippen molar-refractivity contribution in [2.75, 3.05) is 39.3 Å². The van der Waals surface area contributed by atoms with E-state index in [1.54, 1.807) is 41.5 Å². The average molecular weight is 764 g/mol. The molecule has 0 amide bonds. The number of sulfone groups is 1. The molecule has 0 unspecified atom stereocenters. The van der Waals surface area contributed by atoms with Crippen LogP contribution in [0.3, 0.4) is 0 Å². The van der Waals surface area contributed by atoms with Crippen molar-refractivity contribution in [1.82, 2.24) is 12.9 Å². The SMILES string of the molecule is C[C@@H]1CN(S(=O)(=O)c2ccc3c(c2)S(=O)(=O)c2cc(S(=O)(=O)N4C[C@@H](C)O[C@@H](C)C4)cc(S(=O)(=O)N4C[C@H](C)O[C@@H](C)C4)c2O3)C[C@H](C)O1. The molecule has 0 aromatic heterocycles. The van der Waals surface area contributed by atoms with E-state index in [0.29, 0.717) is 0 Å². The minimum atomic E-state index is -4.75. The van der Waals surface area contributed by atoms with Gasteiger partial charge in [0.15, 0.2) is 5.75 Å². The molecule has 272 valence electrons. The van der Waals surface area contributed by atoms with Gasteiger partial charge < -0.3 is 18.9 Å². The van der Waals surface area contributed by atoms with E-state index in [2.05, 4.69) is 0 Å². The molecule has 4 aliphatic rings. The third kappa shape index (κ3) is 6.67. The summed E-state index contributed by atoms with van der Waals surface area (Å²) in [5.74, 6) is -0.879. The quantitative estimate of drug-likeness (QED) is 0.357. The Morgan fingerprint density at radius 2 is 0.939 bits per heavy atom. The number of fused-ring (bicyclic) bond motifs is 2. The van der Waals surface area contributed by atoms with Crippen molar-refractivity contribution in [1.29, 1.82) is 0 Å². The first-order valence-electron chi connectivity index (χ1n) is 15.9. The molecule has 2 aromatic rings. The first-order chi connectivity index (χ1) is 22.7. The van der Waals surface area contributed by atoms with Crippen LogP contribution in [0.25, 0.3) is 0 Å². The number of hydrogen-bond donors (Lipinski definition) is 0. The lowest BCUT2D eigenvalue weighted by molar-refractivity contribution is -0.0442. The largest absolute Gasteiger partial charge is 0.453 e. The van der Waals surface area contributed by atoms with Crippen molar-refractivity contribution in [3.8, 4) is 11.5 Å². The van der Waals surface area contributed by atoms with Crippen LogP contribution in [-0.2, 0) is 54.1 Å². The fourth-order valence-corrected chi connectivity index (χ4v) is 13.7. The molecule has 49 heavy (non-hydrogen) atoms. The zero-order chi connectivity index (χ0) is 35.8. The maximum Gasteiger partial charge on any atom is 0.247 e. The summed E-state index contributed by atoms with van der Waals surface area (Å²) < 4.78 is 140. The molecule has 3 saturated heterocycles. The summed E-state index contributed by atoms with van der Waals surface area (Å²) >= 11 is 0. The second kappa shape index (κ2) is 12.8. The molecule has 6 rings (SSSR count). The van der Waals surface area contributed by atoms with Gasteiger partial charge in [-0.2, -0.15) is 12.9 Å². The lowest BCUT2D eigenvalue weighted by Crippen LogP contribution is -2.48. The highest BCUT2D eigenvalue weighted by atomic mass is 32.2. The van der Waals surface area contributed by atoms with Crippen LogP contribution in [-0.4, -0.2) is 122 Å². The second-order valence-electron chi connectivity index (χ2n) is 13.2. The number of sulfonamides is 3. The van der Waals surface area contributed by atoms with Crippen molar-refractivity contribution in [2.24, 2.45) is 0 Å². The van der Waals surface area contributed by atoms with Gasteiger partial charge in [-0.15, -0.1) is 0 Å². The van der Waals surface area contributed by atoms with E-state index in [-0.39, 0.29) is 49.9 Å². The maximum atomic E-state index is 14.4. The monoisotopic (exact) mass is 763 g/mol. The van der Waals surface area contributed by atoms with Gasteiger partial charge in [-0.25, -0.2) is 33.7 Å². The number of hydrogen-bond acceptors (Lipinski definition) is 12. The number of nitrogens with zero attached hydrogens (tertiary/aromatic N) is 3. The zero-order valence-electron chi connectivity index (χ0n) is 28.0. The van der Waals surface area contributed by atoms with E-state index < -0.39 is 102 Å². The zero-order valence-corrected chi connectivity index (χ0v) is 31.2. The van der Waals surface area contributed by atoms with E-state index in [1.807, 2.05) is 0 Å². The smallest absolute Gasteiger partial charge is 0.247 e. The van der Waals surface area contributed by atoms with Gasteiger partial charge in [-0.1, -0.05) is 0 Å². The summed E-state index contributed by atoms with van der Waals surface area (Å²) in [5.41, 5.74) is 0. The Kier molecular flexibility index (Phi) is 9.54. The van der Waals surface area contributed by atoms with Gasteiger partial charge >= 0.3 is 0 Å². The predicted octanol–water partition coefficient (Wildman–Crippen LogP) is 2.02. The summed E-state index contributed by atoms with van der Waals surface area (Å²) in [5, 5.41) is 0. The van der Waals surface area contributed by atoms with Crippen LogP contribution in [0.2, 0.25) is 0 Å². The Morgan fingerprint density at radius 3 is 1.39 bits per heavy atom. The van der Waals surface area contributed by atoms with Crippen molar-refractivity contribution in [3.05, 3.63) is 30.3 Å².